The first-order valence-electron chi connectivity index (χ1n) is 4.78. The number of nitrogens with zero attached hydrogens (tertiary/aromatic N) is 1. The van der Waals surface area contributed by atoms with Crippen molar-refractivity contribution in [3.63, 3.8) is 0 Å². The lowest BCUT2D eigenvalue weighted by atomic mass is 10.1. The van der Waals surface area contributed by atoms with E-state index in [1.807, 2.05) is 13.0 Å². The number of amidine groups is 1. The number of hydrogen-bond acceptors (Lipinski definition) is 2. The fraction of sp³-hybridized carbons (Fsp3) is 0.364. The predicted molar refractivity (Wildman–Crippen MR) is 55.1 cm³/mol. The molecule has 3 heteroatoms. The largest absolute Gasteiger partial charge is 0.372 e. The highest BCUT2D eigenvalue weighted by molar-refractivity contribution is 5.85. The molecule has 1 aromatic rings. The van der Waals surface area contributed by atoms with Crippen molar-refractivity contribution in [1.29, 1.82) is 0 Å². The molecule has 14 heavy (non-hydrogen) atoms. The van der Waals surface area contributed by atoms with Crippen LogP contribution in [-0.2, 0) is 6.42 Å². The summed E-state index contributed by atoms with van der Waals surface area (Å²) in [6.07, 6.45) is 0.577. The van der Waals surface area contributed by atoms with Crippen molar-refractivity contribution < 1.29 is 4.39 Å². The maximum absolute atomic E-state index is 13.3. The van der Waals surface area contributed by atoms with E-state index in [9.17, 15) is 4.39 Å². The molecule has 2 rings (SSSR count). The number of aryl methyl sites for hydroxylation is 1. The summed E-state index contributed by atoms with van der Waals surface area (Å²) in [4.78, 5) is 4.24. The van der Waals surface area contributed by atoms with Crippen LogP contribution in [0.5, 0.6) is 0 Å². The monoisotopic (exact) mass is 192 g/mol. The van der Waals surface area contributed by atoms with Crippen molar-refractivity contribution >= 4 is 5.84 Å². The molecule has 0 amide bonds. The minimum Gasteiger partial charge on any atom is -0.372 e. The zero-order valence-electron chi connectivity index (χ0n) is 8.18. The maximum atomic E-state index is 13.3. The standard InChI is InChI=1S/C11H13FN2/c1-8-2-3-10(12)9(6-8)7-11-13-4-5-14-11/h2-3,6H,4-5,7H2,1H3,(H,13,14). The molecule has 0 aliphatic carbocycles. The van der Waals surface area contributed by atoms with Gasteiger partial charge in [-0.15, -0.1) is 0 Å². The van der Waals surface area contributed by atoms with Crippen LogP contribution in [0.1, 0.15) is 11.1 Å². The van der Waals surface area contributed by atoms with Gasteiger partial charge in [-0.3, -0.25) is 4.99 Å². The zero-order valence-corrected chi connectivity index (χ0v) is 8.18. The van der Waals surface area contributed by atoms with Crippen molar-refractivity contribution in [2.75, 3.05) is 13.1 Å². The van der Waals surface area contributed by atoms with Crippen molar-refractivity contribution in [2.24, 2.45) is 4.99 Å². The summed E-state index contributed by atoms with van der Waals surface area (Å²) in [5.74, 6) is 0.751. The summed E-state index contributed by atoms with van der Waals surface area (Å²) >= 11 is 0. The normalized spacial score (nSPS) is 15.1. The van der Waals surface area contributed by atoms with Gasteiger partial charge < -0.3 is 5.32 Å². The van der Waals surface area contributed by atoms with Crippen LogP contribution < -0.4 is 5.32 Å². The topological polar surface area (TPSA) is 24.4 Å². The Hall–Kier alpha value is -1.38. The molecule has 1 aromatic carbocycles. The summed E-state index contributed by atoms with van der Waals surface area (Å²) in [7, 11) is 0. The van der Waals surface area contributed by atoms with Crippen LogP contribution in [0.3, 0.4) is 0 Å². The first-order valence-corrected chi connectivity index (χ1v) is 4.78. The van der Waals surface area contributed by atoms with Crippen molar-refractivity contribution in [1.82, 2.24) is 5.32 Å². The minimum absolute atomic E-state index is 0.146. The Morgan fingerprint density at radius 1 is 1.50 bits per heavy atom. The van der Waals surface area contributed by atoms with Gasteiger partial charge in [-0.1, -0.05) is 17.7 Å². The Labute approximate surface area is 82.9 Å². The third-order valence-corrected chi connectivity index (χ3v) is 2.30. The van der Waals surface area contributed by atoms with Gasteiger partial charge in [-0.25, -0.2) is 4.39 Å². The highest BCUT2D eigenvalue weighted by Crippen LogP contribution is 2.11. The van der Waals surface area contributed by atoms with Gasteiger partial charge in [0, 0.05) is 13.0 Å². The molecule has 74 valence electrons. The van der Waals surface area contributed by atoms with E-state index in [1.54, 1.807) is 6.07 Å². The maximum Gasteiger partial charge on any atom is 0.126 e. The Morgan fingerprint density at radius 3 is 3.07 bits per heavy atom. The molecule has 0 unspecified atom stereocenters. The molecule has 1 N–H and O–H groups in total. The van der Waals surface area contributed by atoms with Crippen LogP contribution in [0.25, 0.3) is 0 Å². The van der Waals surface area contributed by atoms with E-state index in [0.717, 1.165) is 30.1 Å². The number of aliphatic imine (C=N–C) groups is 1. The van der Waals surface area contributed by atoms with Gasteiger partial charge >= 0.3 is 0 Å². The lowest BCUT2D eigenvalue weighted by molar-refractivity contribution is 0.615. The molecule has 2 nitrogen and oxygen atoms in total. The molecule has 0 bridgehead atoms. The highest BCUT2D eigenvalue weighted by atomic mass is 19.1. The van der Waals surface area contributed by atoms with Gasteiger partial charge in [0.15, 0.2) is 0 Å². The fourth-order valence-electron chi connectivity index (χ4n) is 1.58. The van der Waals surface area contributed by atoms with Crippen LogP contribution in [0, 0.1) is 12.7 Å². The molecule has 1 heterocycles. The molecule has 0 spiro atoms. The molecule has 0 fully saturated rings. The number of nitrogens with one attached hydrogen (secondary N) is 1. The van der Waals surface area contributed by atoms with Crippen LogP contribution in [0.15, 0.2) is 23.2 Å². The van der Waals surface area contributed by atoms with Gasteiger partial charge in [0.1, 0.15) is 11.7 Å². The summed E-state index contributed by atoms with van der Waals surface area (Å²) in [5, 5.41) is 3.14. The molecular weight excluding hydrogens is 179 g/mol. The van der Waals surface area contributed by atoms with Crippen LogP contribution in [0.4, 0.5) is 4.39 Å². The third kappa shape index (κ3) is 1.92. The fourth-order valence-corrected chi connectivity index (χ4v) is 1.58. The van der Waals surface area contributed by atoms with E-state index in [0.29, 0.717) is 6.42 Å². The van der Waals surface area contributed by atoms with Gasteiger partial charge in [-0.05, 0) is 18.6 Å². The Balaban J connectivity index is 2.19. The first kappa shape index (κ1) is 9.19. The van der Waals surface area contributed by atoms with Crippen molar-refractivity contribution in [2.45, 2.75) is 13.3 Å². The van der Waals surface area contributed by atoms with Gasteiger partial charge in [0.2, 0.25) is 0 Å². The zero-order chi connectivity index (χ0) is 9.97. The van der Waals surface area contributed by atoms with Gasteiger partial charge in [-0.2, -0.15) is 0 Å². The average molecular weight is 192 g/mol. The summed E-state index contributed by atoms with van der Waals surface area (Å²) in [5.41, 5.74) is 1.80. The summed E-state index contributed by atoms with van der Waals surface area (Å²) in [6.45, 7) is 3.65. The number of benzene rings is 1. The molecule has 1 aliphatic heterocycles. The second-order valence-electron chi connectivity index (χ2n) is 3.53. The van der Waals surface area contributed by atoms with Crippen molar-refractivity contribution in [3.05, 3.63) is 35.1 Å². The van der Waals surface area contributed by atoms with Crippen LogP contribution in [0.2, 0.25) is 0 Å². The molecule has 1 aliphatic rings. The van der Waals surface area contributed by atoms with E-state index in [1.165, 1.54) is 6.07 Å². The third-order valence-electron chi connectivity index (χ3n) is 2.30. The van der Waals surface area contributed by atoms with Gasteiger partial charge in [0.25, 0.3) is 0 Å². The summed E-state index contributed by atoms with van der Waals surface area (Å²) in [6, 6.07) is 5.17. The van der Waals surface area contributed by atoms with Crippen molar-refractivity contribution in [3.8, 4) is 0 Å². The highest BCUT2D eigenvalue weighted by Gasteiger charge is 2.09. The van der Waals surface area contributed by atoms with E-state index >= 15 is 0 Å². The minimum atomic E-state index is -0.146. The second-order valence-corrected chi connectivity index (χ2v) is 3.53. The molecule has 0 saturated heterocycles. The Morgan fingerprint density at radius 2 is 2.36 bits per heavy atom. The molecule has 0 radical (unpaired) electrons. The molecule has 0 aromatic heterocycles. The van der Waals surface area contributed by atoms with Gasteiger partial charge in [0.05, 0.1) is 6.54 Å². The van der Waals surface area contributed by atoms with E-state index < -0.39 is 0 Å². The second kappa shape index (κ2) is 3.78. The average Bonchev–Trinajstić information content (AvgIpc) is 2.64. The number of halogens is 1. The summed E-state index contributed by atoms with van der Waals surface area (Å²) < 4.78 is 13.3. The lowest BCUT2D eigenvalue weighted by Crippen LogP contribution is -2.21. The predicted octanol–water partition coefficient (Wildman–Crippen LogP) is 1.68. The smallest absolute Gasteiger partial charge is 0.126 e. The van der Waals surface area contributed by atoms with E-state index in [-0.39, 0.29) is 5.82 Å². The Bertz CT molecular complexity index is 372. The number of rotatable bonds is 2. The van der Waals surface area contributed by atoms with Crippen LogP contribution in [-0.4, -0.2) is 18.9 Å². The Kier molecular flexibility index (Phi) is 2.48. The molecular formula is C11H13FN2. The SMILES string of the molecule is Cc1ccc(F)c(CC2=NCCN2)c1. The molecule has 0 atom stereocenters. The first-order chi connectivity index (χ1) is 6.75. The van der Waals surface area contributed by atoms with E-state index in [4.69, 9.17) is 0 Å². The number of hydrogen-bond donors (Lipinski definition) is 1. The lowest BCUT2D eigenvalue weighted by Gasteiger charge is -2.05. The van der Waals surface area contributed by atoms with Crippen LogP contribution >= 0.6 is 0 Å². The quantitative estimate of drug-likeness (QED) is 0.757. The molecule has 0 saturated carbocycles. The van der Waals surface area contributed by atoms with E-state index in [2.05, 4.69) is 10.3 Å².